The first-order chi connectivity index (χ1) is 12.2. The molecule has 0 aliphatic carbocycles. The Morgan fingerprint density at radius 3 is 2.81 bits per heavy atom. The minimum Gasteiger partial charge on any atom is -0.299 e. The number of rotatable bonds is 8. The summed E-state index contributed by atoms with van der Waals surface area (Å²) in [4.78, 5) is 12.3. The van der Waals surface area contributed by atoms with Crippen LogP contribution in [0.1, 0.15) is 5.56 Å². The van der Waals surface area contributed by atoms with E-state index in [-0.39, 0.29) is 6.54 Å². The standard InChI is InChI=1S/C15H17BrN4O3S3/c1-4-7-24-15-19-18-14(25-15)17-13(21)9-20(26(3,22)23)11-5-6-12(16)10(2)8-11/h4-6,8H,1,7,9H2,2-3H3,(H,17,18,21). The molecule has 0 aliphatic heterocycles. The fourth-order valence-electron chi connectivity index (χ4n) is 1.92. The number of carbonyl (C=O) groups excluding carboxylic acids is 1. The van der Waals surface area contributed by atoms with Gasteiger partial charge in [-0.3, -0.25) is 14.4 Å². The SMILES string of the molecule is C=CCSc1nnc(NC(=O)CN(c2ccc(Br)c(C)c2)S(C)(=O)=O)s1. The largest absolute Gasteiger partial charge is 0.299 e. The normalized spacial score (nSPS) is 11.2. The molecule has 7 nitrogen and oxygen atoms in total. The summed E-state index contributed by atoms with van der Waals surface area (Å²) in [7, 11) is -3.63. The molecule has 0 unspecified atom stereocenters. The average Bonchev–Trinajstić information content (AvgIpc) is 2.99. The molecule has 2 rings (SSSR count). The molecular weight excluding hydrogens is 460 g/mol. The quantitative estimate of drug-likeness (QED) is 0.357. The van der Waals surface area contributed by atoms with Crippen molar-refractivity contribution in [3.05, 3.63) is 40.9 Å². The summed E-state index contributed by atoms with van der Waals surface area (Å²) >= 11 is 6.05. The number of benzene rings is 1. The molecule has 1 aromatic carbocycles. The molecule has 0 radical (unpaired) electrons. The summed E-state index contributed by atoms with van der Waals surface area (Å²) in [6.45, 7) is 5.12. The van der Waals surface area contributed by atoms with Crippen molar-refractivity contribution in [3.63, 3.8) is 0 Å². The number of aryl methyl sites for hydroxylation is 1. The minimum atomic E-state index is -3.63. The van der Waals surface area contributed by atoms with Gasteiger partial charge in [0.05, 0.1) is 11.9 Å². The zero-order valence-electron chi connectivity index (χ0n) is 14.1. The van der Waals surface area contributed by atoms with E-state index in [4.69, 9.17) is 0 Å². The molecule has 1 amide bonds. The van der Waals surface area contributed by atoms with Crippen molar-refractivity contribution >= 4 is 65.8 Å². The van der Waals surface area contributed by atoms with E-state index in [0.29, 0.717) is 20.9 Å². The average molecular weight is 477 g/mol. The Morgan fingerprint density at radius 1 is 1.46 bits per heavy atom. The van der Waals surface area contributed by atoms with Crippen molar-refractivity contribution in [3.8, 4) is 0 Å². The van der Waals surface area contributed by atoms with Gasteiger partial charge in [-0.05, 0) is 30.7 Å². The van der Waals surface area contributed by atoms with Gasteiger partial charge in [-0.2, -0.15) is 0 Å². The molecule has 0 spiro atoms. The molecule has 0 atom stereocenters. The Hall–Kier alpha value is -1.43. The van der Waals surface area contributed by atoms with E-state index in [1.165, 1.54) is 23.1 Å². The number of anilines is 2. The lowest BCUT2D eigenvalue weighted by Gasteiger charge is -2.22. The number of halogens is 1. The predicted octanol–water partition coefficient (Wildman–Crippen LogP) is 3.29. The van der Waals surface area contributed by atoms with Crippen molar-refractivity contribution in [2.45, 2.75) is 11.3 Å². The van der Waals surface area contributed by atoms with E-state index >= 15 is 0 Å². The highest BCUT2D eigenvalue weighted by molar-refractivity contribution is 9.10. The second-order valence-corrected chi connectivity index (χ2v) is 10.2. The lowest BCUT2D eigenvalue weighted by Crippen LogP contribution is -2.37. The topological polar surface area (TPSA) is 92.3 Å². The van der Waals surface area contributed by atoms with Crippen LogP contribution in [0.3, 0.4) is 0 Å². The first-order valence-corrected chi connectivity index (χ1v) is 11.8. The van der Waals surface area contributed by atoms with Crippen LogP contribution in [0.25, 0.3) is 0 Å². The number of hydrogen-bond donors (Lipinski definition) is 1. The number of thioether (sulfide) groups is 1. The number of carbonyl (C=O) groups is 1. The maximum absolute atomic E-state index is 12.3. The van der Waals surface area contributed by atoms with Crippen LogP contribution in [0, 0.1) is 6.92 Å². The predicted molar refractivity (Wildman–Crippen MR) is 111 cm³/mol. The van der Waals surface area contributed by atoms with Gasteiger partial charge < -0.3 is 0 Å². The van der Waals surface area contributed by atoms with Crippen LogP contribution in [-0.4, -0.2) is 43.1 Å². The third-order valence-electron chi connectivity index (χ3n) is 3.09. The summed E-state index contributed by atoms with van der Waals surface area (Å²) < 4.78 is 26.9. The molecule has 1 aromatic heterocycles. The zero-order valence-corrected chi connectivity index (χ0v) is 18.1. The Balaban J connectivity index is 2.13. The van der Waals surface area contributed by atoms with E-state index in [1.54, 1.807) is 24.3 Å². The fourth-order valence-corrected chi connectivity index (χ4v) is 4.55. The van der Waals surface area contributed by atoms with Gasteiger partial charge in [-0.15, -0.1) is 16.8 Å². The zero-order chi connectivity index (χ0) is 19.3. The van der Waals surface area contributed by atoms with E-state index in [2.05, 4.69) is 38.0 Å². The fraction of sp³-hybridized carbons (Fsp3) is 0.267. The third-order valence-corrected chi connectivity index (χ3v) is 7.09. The molecule has 2 aromatic rings. The van der Waals surface area contributed by atoms with E-state index < -0.39 is 15.9 Å². The van der Waals surface area contributed by atoms with Gasteiger partial charge in [-0.25, -0.2) is 8.42 Å². The van der Waals surface area contributed by atoms with E-state index in [0.717, 1.165) is 20.6 Å². The van der Waals surface area contributed by atoms with Gasteiger partial charge in [0.25, 0.3) is 0 Å². The molecule has 0 bridgehead atoms. The Bertz CT molecular complexity index is 915. The lowest BCUT2D eigenvalue weighted by atomic mass is 10.2. The van der Waals surface area contributed by atoms with Crippen LogP contribution < -0.4 is 9.62 Å². The molecule has 1 heterocycles. The van der Waals surface area contributed by atoms with Gasteiger partial charge >= 0.3 is 0 Å². The van der Waals surface area contributed by atoms with Gasteiger partial charge in [-0.1, -0.05) is 45.1 Å². The molecule has 0 saturated carbocycles. The second-order valence-electron chi connectivity index (χ2n) is 5.22. The third kappa shape index (κ3) is 5.79. The van der Waals surface area contributed by atoms with Crippen molar-refractivity contribution in [1.29, 1.82) is 0 Å². The molecule has 1 N–H and O–H groups in total. The van der Waals surface area contributed by atoms with Crippen LogP contribution in [0.5, 0.6) is 0 Å². The number of nitrogens with zero attached hydrogens (tertiary/aromatic N) is 3. The maximum Gasteiger partial charge on any atom is 0.246 e. The number of amides is 1. The van der Waals surface area contributed by atoms with Gasteiger partial charge in [0, 0.05) is 10.2 Å². The van der Waals surface area contributed by atoms with Gasteiger partial charge in [0.2, 0.25) is 21.1 Å². The number of aromatic nitrogens is 2. The smallest absolute Gasteiger partial charge is 0.246 e. The molecule has 0 aliphatic rings. The Labute approximate surface area is 169 Å². The first kappa shape index (κ1) is 20.9. The molecule has 11 heteroatoms. The van der Waals surface area contributed by atoms with Crippen molar-refractivity contribution in [1.82, 2.24) is 10.2 Å². The van der Waals surface area contributed by atoms with Crippen LogP contribution in [0.4, 0.5) is 10.8 Å². The molecule has 0 fully saturated rings. The molecular formula is C15H17BrN4O3S3. The summed E-state index contributed by atoms with van der Waals surface area (Å²) in [5.74, 6) is 0.195. The molecule has 140 valence electrons. The van der Waals surface area contributed by atoms with Crippen LogP contribution in [0.15, 0.2) is 39.7 Å². The minimum absolute atomic E-state index is 0.321. The monoisotopic (exact) mass is 476 g/mol. The van der Waals surface area contributed by atoms with Crippen LogP contribution >= 0.6 is 39.0 Å². The van der Waals surface area contributed by atoms with Crippen molar-refractivity contribution in [2.24, 2.45) is 0 Å². The number of nitrogens with one attached hydrogen (secondary N) is 1. The maximum atomic E-state index is 12.3. The highest BCUT2D eigenvalue weighted by atomic mass is 79.9. The number of hydrogen-bond acceptors (Lipinski definition) is 7. The van der Waals surface area contributed by atoms with Gasteiger partial charge in [0.15, 0.2) is 4.34 Å². The summed E-state index contributed by atoms with van der Waals surface area (Å²) in [5, 5.41) is 10.7. The summed E-state index contributed by atoms with van der Waals surface area (Å²) in [6, 6.07) is 5.09. The summed E-state index contributed by atoms with van der Waals surface area (Å²) in [5.41, 5.74) is 1.28. The van der Waals surface area contributed by atoms with Crippen molar-refractivity contribution in [2.75, 3.05) is 28.2 Å². The highest BCUT2D eigenvalue weighted by Crippen LogP contribution is 2.26. The van der Waals surface area contributed by atoms with Crippen molar-refractivity contribution < 1.29 is 13.2 Å². The molecule has 26 heavy (non-hydrogen) atoms. The van der Waals surface area contributed by atoms with E-state index in [1.807, 2.05) is 6.92 Å². The Kier molecular flexibility index (Phi) is 7.21. The van der Waals surface area contributed by atoms with Crippen LogP contribution in [0.2, 0.25) is 0 Å². The second kappa shape index (κ2) is 8.98. The lowest BCUT2D eigenvalue weighted by molar-refractivity contribution is -0.114. The van der Waals surface area contributed by atoms with Gasteiger partial charge in [0.1, 0.15) is 6.54 Å². The summed E-state index contributed by atoms with van der Waals surface area (Å²) in [6.07, 6.45) is 2.81. The highest BCUT2D eigenvalue weighted by Gasteiger charge is 2.22. The number of sulfonamides is 1. The van der Waals surface area contributed by atoms with Crippen LogP contribution in [-0.2, 0) is 14.8 Å². The first-order valence-electron chi connectivity index (χ1n) is 7.31. The Morgan fingerprint density at radius 2 is 2.19 bits per heavy atom. The van der Waals surface area contributed by atoms with E-state index in [9.17, 15) is 13.2 Å². The molecule has 0 saturated heterocycles.